The van der Waals surface area contributed by atoms with Gasteiger partial charge < -0.3 is 19.9 Å². The molecule has 0 radical (unpaired) electrons. The number of aromatic nitrogens is 1. The Bertz CT molecular complexity index is 1170. The molecule has 2 N–H and O–H groups in total. The number of amides is 2. The van der Waals surface area contributed by atoms with Crippen molar-refractivity contribution in [3.8, 4) is 0 Å². The summed E-state index contributed by atoms with van der Waals surface area (Å²) < 4.78 is 18.6. The lowest BCUT2D eigenvalue weighted by Crippen LogP contribution is -2.36. The largest absolute Gasteiger partial charge is 0.462 e. The smallest absolute Gasteiger partial charge is 0.338 e. The maximum atomic E-state index is 13.7. The van der Waals surface area contributed by atoms with Gasteiger partial charge in [0.05, 0.1) is 12.2 Å². The monoisotopic (exact) mass is 437 g/mol. The number of carbonyl (C=O) groups excluding carboxylic acids is 3. The predicted molar refractivity (Wildman–Crippen MR) is 118 cm³/mol. The molecule has 0 atom stereocenters. The van der Waals surface area contributed by atoms with E-state index in [0.29, 0.717) is 37.4 Å². The molecule has 4 rings (SSSR count). The number of esters is 1. The average molecular weight is 437 g/mol. The van der Waals surface area contributed by atoms with Gasteiger partial charge in [0.25, 0.3) is 0 Å². The molecular formula is C24H24FN3O4. The van der Waals surface area contributed by atoms with Crippen LogP contribution in [-0.2, 0) is 27.3 Å². The Labute approximate surface area is 184 Å². The second-order valence-corrected chi connectivity index (χ2v) is 7.68. The van der Waals surface area contributed by atoms with Crippen molar-refractivity contribution in [2.45, 2.75) is 32.7 Å². The highest BCUT2D eigenvalue weighted by Crippen LogP contribution is 2.28. The van der Waals surface area contributed by atoms with Gasteiger partial charge in [0.15, 0.2) is 0 Å². The van der Waals surface area contributed by atoms with Crippen LogP contribution in [0.15, 0.2) is 42.5 Å². The average Bonchev–Trinajstić information content (AvgIpc) is 3.15. The van der Waals surface area contributed by atoms with Crippen molar-refractivity contribution in [3.05, 3.63) is 65.1 Å². The fourth-order valence-corrected chi connectivity index (χ4v) is 3.91. The minimum Gasteiger partial charge on any atom is -0.462 e. The number of halogens is 1. The van der Waals surface area contributed by atoms with Crippen LogP contribution < -0.4 is 5.32 Å². The summed E-state index contributed by atoms with van der Waals surface area (Å²) in [4.78, 5) is 41.6. The molecule has 0 bridgehead atoms. The van der Waals surface area contributed by atoms with Crippen molar-refractivity contribution in [3.63, 3.8) is 0 Å². The Morgan fingerprint density at radius 2 is 1.91 bits per heavy atom. The lowest BCUT2D eigenvalue weighted by molar-refractivity contribution is -0.133. The molecule has 1 aliphatic heterocycles. The molecule has 0 fully saturated rings. The van der Waals surface area contributed by atoms with Gasteiger partial charge in [-0.15, -0.1) is 0 Å². The van der Waals surface area contributed by atoms with Crippen LogP contribution in [0, 0.1) is 5.82 Å². The Hall–Kier alpha value is -3.68. The van der Waals surface area contributed by atoms with Gasteiger partial charge in [-0.1, -0.05) is 0 Å². The second-order valence-electron chi connectivity index (χ2n) is 7.68. The predicted octanol–water partition coefficient (Wildman–Crippen LogP) is 3.79. The number of nitrogens with one attached hydrogen (secondary N) is 2. The summed E-state index contributed by atoms with van der Waals surface area (Å²) in [5, 5.41) is 3.52. The molecule has 0 aliphatic carbocycles. The van der Waals surface area contributed by atoms with Crippen LogP contribution in [-0.4, -0.2) is 40.8 Å². The number of nitrogens with zero attached hydrogens (tertiary/aromatic N) is 1. The van der Waals surface area contributed by atoms with E-state index in [1.807, 2.05) is 0 Å². The summed E-state index contributed by atoms with van der Waals surface area (Å²) in [5.41, 5.74) is 3.77. The van der Waals surface area contributed by atoms with Gasteiger partial charge in [0, 0.05) is 60.2 Å². The molecule has 0 saturated carbocycles. The Balaban J connectivity index is 1.31. The first kappa shape index (κ1) is 21.5. The van der Waals surface area contributed by atoms with E-state index in [9.17, 15) is 18.8 Å². The third kappa shape index (κ3) is 4.64. The number of hydrogen-bond donors (Lipinski definition) is 2. The summed E-state index contributed by atoms with van der Waals surface area (Å²) in [6.45, 7) is 2.98. The molecular weight excluding hydrogens is 413 g/mol. The van der Waals surface area contributed by atoms with E-state index >= 15 is 0 Å². The van der Waals surface area contributed by atoms with Gasteiger partial charge in [0.2, 0.25) is 11.8 Å². The molecule has 166 valence electrons. The van der Waals surface area contributed by atoms with Crippen LogP contribution in [0.1, 0.15) is 41.4 Å². The first-order chi connectivity index (χ1) is 15.4. The molecule has 2 heterocycles. The van der Waals surface area contributed by atoms with Gasteiger partial charge in [-0.25, -0.2) is 9.18 Å². The normalized spacial score (nSPS) is 13.0. The van der Waals surface area contributed by atoms with E-state index in [2.05, 4.69) is 10.3 Å². The number of carbonyl (C=O) groups is 3. The first-order valence-electron chi connectivity index (χ1n) is 10.6. The summed E-state index contributed by atoms with van der Waals surface area (Å²) in [5.74, 6) is -1.13. The van der Waals surface area contributed by atoms with E-state index in [1.54, 1.807) is 42.2 Å². The zero-order valence-electron chi connectivity index (χ0n) is 17.7. The van der Waals surface area contributed by atoms with Crippen molar-refractivity contribution in [1.29, 1.82) is 0 Å². The minimum absolute atomic E-state index is 0.0460. The maximum absolute atomic E-state index is 13.7. The van der Waals surface area contributed by atoms with Crippen molar-refractivity contribution in [2.75, 3.05) is 18.5 Å². The molecule has 0 spiro atoms. The Morgan fingerprint density at radius 1 is 1.12 bits per heavy atom. The van der Waals surface area contributed by atoms with E-state index in [-0.39, 0.29) is 30.5 Å². The second kappa shape index (κ2) is 9.21. The lowest BCUT2D eigenvalue weighted by Gasteiger charge is -2.27. The number of aromatic amines is 1. The molecule has 0 unspecified atom stereocenters. The van der Waals surface area contributed by atoms with Gasteiger partial charge in [-0.2, -0.15) is 0 Å². The summed E-state index contributed by atoms with van der Waals surface area (Å²) in [6.07, 6.45) is 0.791. The molecule has 2 amide bonds. The first-order valence-corrected chi connectivity index (χ1v) is 10.6. The summed E-state index contributed by atoms with van der Waals surface area (Å²) in [7, 11) is 0. The number of hydrogen-bond acceptors (Lipinski definition) is 4. The van der Waals surface area contributed by atoms with E-state index in [1.165, 1.54) is 12.1 Å². The van der Waals surface area contributed by atoms with E-state index < -0.39 is 5.97 Å². The molecule has 1 aliphatic rings. The molecule has 32 heavy (non-hydrogen) atoms. The van der Waals surface area contributed by atoms with Crippen molar-refractivity contribution < 1.29 is 23.5 Å². The van der Waals surface area contributed by atoms with Crippen LogP contribution in [0.4, 0.5) is 10.1 Å². The van der Waals surface area contributed by atoms with Crippen LogP contribution in [0.5, 0.6) is 0 Å². The van der Waals surface area contributed by atoms with Crippen LogP contribution >= 0.6 is 0 Å². The quantitative estimate of drug-likeness (QED) is 0.574. The molecule has 1 aromatic heterocycles. The standard InChI is InChI=1S/C24H24FN3O4/c1-2-32-24(31)15-3-6-17(7-4-15)26-22(29)9-10-23(30)28-12-11-21-19(14-28)18-13-16(25)5-8-20(18)27-21/h3-8,13,27H,2,9-12,14H2,1H3,(H,26,29). The maximum Gasteiger partial charge on any atom is 0.338 e. The van der Waals surface area contributed by atoms with Gasteiger partial charge >= 0.3 is 5.97 Å². The number of fused-ring (bicyclic) bond motifs is 3. The topological polar surface area (TPSA) is 91.5 Å². The number of ether oxygens (including phenoxy) is 1. The van der Waals surface area contributed by atoms with Gasteiger partial charge in [-0.05, 0) is 49.4 Å². The number of benzene rings is 2. The summed E-state index contributed by atoms with van der Waals surface area (Å²) in [6, 6.07) is 11.0. The molecule has 2 aromatic carbocycles. The van der Waals surface area contributed by atoms with Crippen LogP contribution in [0.3, 0.4) is 0 Å². The lowest BCUT2D eigenvalue weighted by atomic mass is 10.0. The Kier molecular flexibility index (Phi) is 6.20. The van der Waals surface area contributed by atoms with E-state index in [0.717, 1.165) is 22.2 Å². The Morgan fingerprint density at radius 3 is 2.66 bits per heavy atom. The molecule has 3 aromatic rings. The third-order valence-corrected chi connectivity index (χ3v) is 5.54. The highest BCUT2D eigenvalue weighted by atomic mass is 19.1. The number of rotatable bonds is 6. The zero-order chi connectivity index (χ0) is 22.7. The van der Waals surface area contributed by atoms with Crippen molar-refractivity contribution >= 4 is 34.4 Å². The number of H-pyrrole nitrogens is 1. The summed E-state index contributed by atoms with van der Waals surface area (Å²) >= 11 is 0. The van der Waals surface area contributed by atoms with Gasteiger partial charge in [0.1, 0.15) is 5.82 Å². The van der Waals surface area contributed by atoms with Crippen molar-refractivity contribution in [1.82, 2.24) is 9.88 Å². The SMILES string of the molecule is CCOC(=O)c1ccc(NC(=O)CCC(=O)N2CCc3[nH]c4ccc(F)cc4c3C2)cc1. The van der Waals surface area contributed by atoms with Gasteiger partial charge in [-0.3, -0.25) is 9.59 Å². The zero-order valence-corrected chi connectivity index (χ0v) is 17.7. The van der Waals surface area contributed by atoms with Crippen LogP contribution in [0.25, 0.3) is 10.9 Å². The molecule has 0 saturated heterocycles. The molecule has 8 heteroatoms. The number of anilines is 1. The van der Waals surface area contributed by atoms with Crippen LogP contribution in [0.2, 0.25) is 0 Å². The fourth-order valence-electron chi connectivity index (χ4n) is 3.91. The fraction of sp³-hybridized carbons (Fsp3) is 0.292. The van der Waals surface area contributed by atoms with Crippen molar-refractivity contribution in [2.24, 2.45) is 0 Å². The highest BCUT2D eigenvalue weighted by molar-refractivity contribution is 5.94. The highest BCUT2D eigenvalue weighted by Gasteiger charge is 2.24. The molecule has 7 nitrogen and oxygen atoms in total. The third-order valence-electron chi connectivity index (χ3n) is 5.54. The minimum atomic E-state index is -0.418. The van der Waals surface area contributed by atoms with E-state index in [4.69, 9.17) is 4.74 Å².